The van der Waals surface area contributed by atoms with E-state index < -0.39 is 0 Å². The number of anilines is 6. The van der Waals surface area contributed by atoms with Gasteiger partial charge in [-0.25, -0.2) is 13.6 Å². The fraction of sp³-hybridized carbons (Fsp3) is 0.120. The predicted molar refractivity (Wildman–Crippen MR) is 250 cm³/mol. The number of nitrogens with zero attached hydrogens (tertiary/aromatic N) is 4. The summed E-state index contributed by atoms with van der Waals surface area (Å²) in [5.41, 5.74) is 8.90. The lowest BCUT2D eigenvalue weighted by Gasteiger charge is -2.42. The summed E-state index contributed by atoms with van der Waals surface area (Å²) in [6.07, 6.45) is 0. The zero-order valence-electron chi connectivity index (χ0n) is 32.7. The van der Waals surface area contributed by atoms with E-state index in [0.29, 0.717) is 30.2 Å². The Morgan fingerprint density at radius 2 is 0.833 bits per heavy atom. The molecule has 0 bridgehead atoms. The second kappa shape index (κ2) is 13.2. The van der Waals surface area contributed by atoms with E-state index in [2.05, 4.69) is 87.1 Å². The summed E-state index contributed by atoms with van der Waals surface area (Å²) in [7, 11) is 0. The first-order valence-electron chi connectivity index (χ1n) is 19.4. The first-order chi connectivity index (χ1) is 29.0. The van der Waals surface area contributed by atoms with Crippen molar-refractivity contribution in [3.05, 3.63) is 172 Å². The molecule has 11 rings (SSSR count). The summed E-state index contributed by atoms with van der Waals surface area (Å²) in [6.45, 7) is 17.1. The van der Waals surface area contributed by atoms with Crippen LogP contribution in [-0.2, 0) is 10.8 Å². The van der Waals surface area contributed by atoms with E-state index in [-0.39, 0.29) is 33.7 Å². The minimum absolute atomic E-state index is 0.234. The third-order valence-electron chi connectivity index (χ3n) is 12.2. The van der Waals surface area contributed by atoms with Gasteiger partial charge in [0.05, 0.1) is 71.1 Å². The fourth-order valence-electron chi connectivity index (χ4n) is 9.24. The molecular formula is C50H32F2N4S4. The summed E-state index contributed by atoms with van der Waals surface area (Å²) >= 11 is 5.67. The normalized spacial score (nSPS) is 14.7. The molecule has 60 heavy (non-hydrogen) atoms. The van der Waals surface area contributed by atoms with Crippen molar-refractivity contribution in [3.63, 3.8) is 0 Å². The van der Waals surface area contributed by atoms with Crippen LogP contribution in [0.1, 0.15) is 55.5 Å². The summed E-state index contributed by atoms with van der Waals surface area (Å²) in [6, 6.07) is 42.1. The number of halogens is 2. The minimum atomic E-state index is -0.380. The molecule has 2 aliphatic rings. The third kappa shape index (κ3) is 5.12. The van der Waals surface area contributed by atoms with Crippen molar-refractivity contribution in [2.75, 3.05) is 9.80 Å². The van der Waals surface area contributed by atoms with Gasteiger partial charge >= 0.3 is 0 Å². The van der Waals surface area contributed by atoms with Gasteiger partial charge in [-0.3, -0.25) is 0 Å². The maximum Gasteiger partial charge on any atom is 0.224 e. The second-order valence-electron chi connectivity index (χ2n) is 16.2. The molecule has 7 aromatic carbocycles. The number of hydrogen-bond acceptors (Lipinski definition) is 7. The van der Waals surface area contributed by atoms with Gasteiger partial charge in [0.25, 0.3) is 0 Å². The van der Waals surface area contributed by atoms with E-state index in [9.17, 15) is 5.26 Å². The molecule has 0 radical (unpaired) electrons. The van der Waals surface area contributed by atoms with Crippen molar-refractivity contribution < 1.29 is 8.78 Å². The van der Waals surface area contributed by atoms with Crippen LogP contribution in [0, 0.1) is 29.5 Å². The summed E-state index contributed by atoms with van der Waals surface area (Å²) in [4.78, 5) is 7.96. The molecule has 0 saturated heterocycles. The number of nitriles is 1. The standard InChI is InChI=1S/C50H32F2N4S4/c1-49(2)28-14-6-10-18-34(28)55(35-19-11-7-15-29(35)49)38-24-42-40(22-32(38)51)57-45-27(26-53)44(54-5)46-48(47(45)59-42)60-43-25-39(33(52)23-41(43)58-46)56-36-20-12-8-16-30(36)50(3,4)31-17-9-13-21-37(31)56/h6-25H,1-4H3. The van der Waals surface area contributed by atoms with Gasteiger partial charge in [0.2, 0.25) is 5.69 Å². The predicted octanol–water partition coefficient (Wildman–Crippen LogP) is 16.6. The van der Waals surface area contributed by atoms with Crippen LogP contribution in [0.4, 0.5) is 48.6 Å². The zero-order chi connectivity index (χ0) is 41.2. The lowest BCUT2D eigenvalue weighted by molar-refractivity contribution is 0.618. The molecule has 0 unspecified atom stereocenters. The Bertz CT molecular complexity index is 3150. The largest absolute Gasteiger partial charge is 0.307 e. The molecule has 0 spiro atoms. The maximum atomic E-state index is 16.7. The highest BCUT2D eigenvalue weighted by molar-refractivity contribution is 7.42. The van der Waals surface area contributed by atoms with Gasteiger partial charge < -0.3 is 9.80 Å². The van der Waals surface area contributed by atoms with Gasteiger partial charge in [-0.05, 0) is 70.8 Å². The Morgan fingerprint density at radius 1 is 0.500 bits per heavy atom. The van der Waals surface area contributed by atoms with Crippen molar-refractivity contribution in [2.45, 2.75) is 38.5 Å². The van der Waals surface area contributed by atoms with E-state index >= 15 is 8.78 Å². The molecule has 4 nitrogen and oxygen atoms in total. The molecule has 4 heterocycles. The quantitative estimate of drug-likeness (QED) is 0.0987. The second-order valence-corrected chi connectivity index (χ2v) is 20.4. The van der Waals surface area contributed by atoms with Gasteiger partial charge in [0, 0.05) is 29.6 Å². The highest BCUT2D eigenvalue weighted by Gasteiger charge is 2.39. The summed E-state index contributed by atoms with van der Waals surface area (Å²) < 4.78 is 39.5. The SMILES string of the molecule is [C-]#[N+]c1c(C#N)c2sc3cc(F)c(N4c5ccccc5C(C)(C)c5ccccc54)cc3sc2c2sc3cc(N4c5ccccc5C(C)(C)c5ccccc54)c(F)cc3sc12. The van der Waals surface area contributed by atoms with Crippen LogP contribution < -0.4 is 9.80 Å². The molecule has 9 aromatic rings. The summed E-state index contributed by atoms with van der Waals surface area (Å²) in [5, 5.41) is 10.6. The van der Waals surface area contributed by atoms with Crippen LogP contribution in [0.25, 0.3) is 42.4 Å². The molecule has 0 N–H and O–H groups in total. The molecule has 2 aromatic heterocycles. The average molecular weight is 855 g/mol. The van der Waals surface area contributed by atoms with Crippen LogP contribution in [0.2, 0.25) is 0 Å². The van der Waals surface area contributed by atoms with Crippen LogP contribution in [0.3, 0.4) is 0 Å². The molecule has 10 heteroatoms. The van der Waals surface area contributed by atoms with Gasteiger partial charge in [0.15, 0.2) is 0 Å². The van der Waals surface area contributed by atoms with Crippen LogP contribution in [0.15, 0.2) is 121 Å². The van der Waals surface area contributed by atoms with Crippen LogP contribution >= 0.6 is 45.3 Å². The van der Waals surface area contributed by atoms with Crippen molar-refractivity contribution in [1.29, 1.82) is 5.26 Å². The topological polar surface area (TPSA) is 34.6 Å². The zero-order valence-corrected chi connectivity index (χ0v) is 36.0. The molecule has 0 amide bonds. The monoisotopic (exact) mass is 854 g/mol. The van der Waals surface area contributed by atoms with Crippen molar-refractivity contribution in [2.24, 2.45) is 0 Å². The average Bonchev–Trinajstić information content (AvgIpc) is 3.25. The number of hydrogen-bond donors (Lipinski definition) is 0. The van der Waals surface area contributed by atoms with E-state index in [1.165, 1.54) is 45.3 Å². The Balaban J connectivity index is 1.16. The molecule has 0 aliphatic carbocycles. The molecule has 290 valence electrons. The van der Waals surface area contributed by atoms with Crippen LogP contribution in [0.5, 0.6) is 0 Å². The Kier molecular flexibility index (Phi) is 8.11. The maximum absolute atomic E-state index is 16.7. The van der Waals surface area contributed by atoms with Gasteiger partial charge in [-0.1, -0.05) is 100 Å². The van der Waals surface area contributed by atoms with E-state index in [1.54, 1.807) is 12.1 Å². The molecule has 2 aliphatic heterocycles. The van der Waals surface area contributed by atoms with E-state index in [0.717, 1.165) is 63.8 Å². The number of fused-ring (bicyclic) bond motifs is 9. The Labute approximate surface area is 361 Å². The van der Waals surface area contributed by atoms with Crippen molar-refractivity contribution >= 4 is 123 Å². The molecule has 0 atom stereocenters. The van der Waals surface area contributed by atoms with E-state index in [1.807, 2.05) is 70.5 Å². The van der Waals surface area contributed by atoms with Crippen molar-refractivity contribution in [1.82, 2.24) is 0 Å². The molecule has 0 saturated carbocycles. The highest BCUT2D eigenvalue weighted by atomic mass is 32.1. The number of para-hydroxylation sites is 4. The number of rotatable bonds is 2. The molecular weight excluding hydrogens is 823 g/mol. The first kappa shape index (κ1) is 36.9. The van der Waals surface area contributed by atoms with Gasteiger partial charge in [0.1, 0.15) is 11.6 Å². The summed E-state index contributed by atoms with van der Waals surface area (Å²) in [5.74, 6) is -0.760. The van der Waals surface area contributed by atoms with Crippen molar-refractivity contribution in [3.8, 4) is 6.07 Å². The van der Waals surface area contributed by atoms with E-state index in [4.69, 9.17) is 6.57 Å². The Morgan fingerprint density at radius 3 is 1.22 bits per heavy atom. The number of benzene rings is 7. The fourth-order valence-corrected chi connectivity index (χ4v) is 14.5. The first-order valence-corrected chi connectivity index (χ1v) is 22.7. The van der Waals surface area contributed by atoms with Gasteiger partial charge in [-0.15, -0.1) is 45.3 Å². The minimum Gasteiger partial charge on any atom is -0.307 e. The lowest BCUT2D eigenvalue weighted by Crippen LogP contribution is -2.30. The van der Waals surface area contributed by atoms with Crippen LogP contribution in [-0.4, -0.2) is 0 Å². The third-order valence-corrected chi connectivity index (χ3v) is 17.5. The Hall–Kier alpha value is -6.14. The highest BCUT2D eigenvalue weighted by Crippen LogP contribution is 2.56. The molecule has 0 fully saturated rings. The smallest absolute Gasteiger partial charge is 0.224 e. The lowest BCUT2D eigenvalue weighted by atomic mass is 9.73. The van der Waals surface area contributed by atoms with Gasteiger partial charge in [-0.2, -0.15) is 5.26 Å².